The number of hydrogen-bond donors (Lipinski definition) is 1. The van der Waals surface area contributed by atoms with Gasteiger partial charge in [-0.25, -0.2) is 0 Å². The Balaban J connectivity index is 1.28. The predicted molar refractivity (Wildman–Crippen MR) is 140 cm³/mol. The summed E-state index contributed by atoms with van der Waals surface area (Å²) in [5.41, 5.74) is 4.89. The number of nitrogens with zero attached hydrogens (tertiary/aromatic N) is 6. The average Bonchev–Trinajstić information content (AvgIpc) is 3.51. The lowest BCUT2D eigenvalue weighted by Gasteiger charge is -2.42. The Morgan fingerprint density at radius 1 is 1.11 bits per heavy atom. The van der Waals surface area contributed by atoms with Crippen LogP contribution < -0.4 is 4.90 Å². The summed E-state index contributed by atoms with van der Waals surface area (Å²) in [4.78, 5) is 20.7. The number of rotatable bonds is 7. The van der Waals surface area contributed by atoms with E-state index in [0.29, 0.717) is 18.4 Å². The molecule has 0 unspecified atom stereocenters. The maximum Gasteiger partial charge on any atom is 0.230 e. The fourth-order valence-corrected chi connectivity index (χ4v) is 5.60. The Labute approximate surface area is 211 Å². The van der Waals surface area contributed by atoms with Gasteiger partial charge in [-0.15, -0.1) is 10.2 Å². The Bertz CT molecular complexity index is 1330. The zero-order valence-corrected chi connectivity index (χ0v) is 20.8. The number of piperazine rings is 1. The molecule has 2 aliphatic rings. The molecular formula is C28H33N7O. The van der Waals surface area contributed by atoms with Crippen molar-refractivity contribution < 1.29 is 4.79 Å². The number of benzene rings is 2. The molecule has 1 aliphatic heterocycles. The van der Waals surface area contributed by atoms with Crippen LogP contribution in [0.4, 0.5) is 5.69 Å². The summed E-state index contributed by atoms with van der Waals surface area (Å²) >= 11 is 0. The molecule has 1 aliphatic carbocycles. The minimum atomic E-state index is 0.0787. The van der Waals surface area contributed by atoms with Crippen LogP contribution in [0.25, 0.3) is 10.9 Å². The van der Waals surface area contributed by atoms with Crippen LogP contribution in [0.5, 0.6) is 0 Å². The summed E-state index contributed by atoms with van der Waals surface area (Å²) in [6.07, 6.45) is 7.26. The number of fused-ring (bicyclic) bond motifs is 1. The largest absolute Gasteiger partial charge is 0.368 e. The van der Waals surface area contributed by atoms with Gasteiger partial charge in [0.2, 0.25) is 5.91 Å². The lowest BCUT2D eigenvalue weighted by atomic mass is 9.93. The van der Waals surface area contributed by atoms with Gasteiger partial charge in [0, 0.05) is 30.7 Å². The molecule has 1 amide bonds. The predicted octanol–water partition coefficient (Wildman–Crippen LogP) is 3.94. The van der Waals surface area contributed by atoms with Crippen molar-refractivity contribution in [1.29, 1.82) is 0 Å². The number of carbonyl (C=O) groups excluding carboxylic acids is 1. The maximum atomic E-state index is 13.3. The van der Waals surface area contributed by atoms with E-state index in [4.69, 9.17) is 5.10 Å². The van der Waals surface area contributed by atoms with Gasteiger partial charge in [-0.2, -0.15) is 5.10 Å². The monoisotopic (exact) mass is 483 g/mol. The second-order valence-electron chi connectivity index (χ2n) is 10.0. The van der Waals surface area contributed by atoms with Crippen molar-refractivity contribution in [2.24, 2.45) is 0 Å². The smallest absolute Gasteiger partial charge is 0.230 e. The molecule has 1 atom stereocenters. The third kappa shape index (κ3) is 4.36. The van der Waals surface area contributed by atoms with Crippen LogP contribution in [0.1, 0.15) is 49.3 Å². The number of aromatic amines is 1. The highest BCUT2D eigenvalue weighted by molar-refractivity contribution is 5.86. The fourth-order valence-electron chi connectivity index (χ4n) is 5.60. The van der Waals surface area contributed by atoms with Crippen LogP contribution in [0.3, 0.4) is 0 Å². The Morgan fingerprint density at radius 2 is 1.97 bits per heavy atom. The highest BCUT2D eigenvalue weighted by Crippen LogP contribution is 2.36. The molecule has 6 rings (SSSR count). The molecule has 8 nitrogen and oxygen atoms in total. The number of carbonyl (C=O) groups is 1. The molecule has 0 radical (unpaired) electrons. The number of nitrogens with one attached hydrogen (secondary N) is 1. The van der Waals surface area contributed by atoms with E-state index in [9.17, 15) is 4.79 Å². The second kappa shape index (κ2) is 9.76. The molecule has 1 saturated heterocycles. The topological polar surface area (TPSA) is 82.9 Å². The van der Waals surface area contributed by atoms with E-state index in [1.54, 1.807) is 0 Å². The van der Waals surface area contributed by atoms with Crippen LogP contribution in [-0.2, 0) is 24.1 Å². The number of anilines is 1. The minimum absolute atomic E-state index is 0.0787. The van der Waals surface area contributed by atoms with Gasteiger partial charge in [0.25, 0.3) is 0 Å². The molecule has 36 heavy (non-hydrogen) atoms. The minimum Gasteiger partial charge on any atom is -0.368 e. The zero-order valence-electron chi connectivity index (χ0n) is 20.8. The Kier molecular flexibility index (Phi) is 6.17. The molecule has 186 valence electrons. The molecular weight excluding hydrogens is 450 g/mol. The van der Waals surface area contributed by atoms with Crippen molar-refractivity contribution >= 4 is 22.5 Å². The Hall–Kier alpha value is -3.68. The lowest BCUT2D eigenvalue weighted by molar-refractivity contribution is -0.133. The fraction of sp³-hybridized carbons (Fsp3) is 0.429. The third-order valence-corrected chi connectivity index (χ3v) is 7.79. The van der Waals surface area contributed by atoms with Gasteiger partial charge in [0.05, 0.1) is 29.7 Å². The van der Waals surface area contributed by atoms with Crippen molar-refractivity contribution in [3.8, 4) is 0 Å². The van der Waals surface area contributed by atoms with Crippen molar-refractivity contribution in [3.05, 3.63) is 71.9 Å². The highest BCUT2D eigenvalue weighted by atomic mass is 16.2. The summed E-state index contributed by atoms with van der Waals surface area (Å²) in [6, 6.07) is 17.9. The summed E-state index contributed by atoms with van der Waals surface area (Å²) in [6.45, 7) is 4.46. The molecule has 8 heteroatoms. The maximum absolute atomic E-state index is 13.3. The first kappa shape index (κ1) is 22.8. The average molecular weight is 484 g/mol. The molecule has 1 N–H and O–H groups in total. The number of amides is 1. The quantitative estimate of drug-likeness (QED) is 0.431. The van der Waals surface area contributed by atoms with E-state index in [-0.39, 0.29) is 18.4 Å². The molecule has 2 aromatic heterocycles. The summed E-state index contributed by atoms with van der Waals surface area (Å²) in [5, 5.41) is 14.1. The summed E-state index contributed by atoms with van der Waals surface area (Å²) in [7, 11) is 0. The number of H-pyrrole nitrogens is 1. The van der Waals surface area contributed by atoms with E-state index in [0.717, 1.165) is 25.9 Å². The van der Waals surface area contributed by atoms with Gasteiger partial charge >= 0.3 is 0 Å². The molecule has 2 aromatic carbocycles. The highest BCUT2D eigenvalue weighted by Gasteiger charge is 2.32. The first-order valence-electron chi connectivity index (χ1n) is 13.1. The van der Waals surface area contributed by atoms with Gasteiger partial charge in [-0.05, 0) is 55.9 Å². The first-order chi connectivity index (χ1) is 17.7. The molecule has 3 heterocycles. The molecule has 0 bridgehead atoms. The van der Waals surface area contributed by atoms with Crippen LogP contribution in [0, 0.1) is 0 Å². The van der Waals surface area contributed by atoms with E-state index < -0.39 is 0 Å². The summed E-state index contributed by atoms with van der Waals surface area (Å²) < 4.78 is 2.28. The van der Waals surface area contributed by atoms with Gasteiger partial charge in [-0.3, -0.25) is 9.48 Å². The SMILES string of the molecule is CCc1nn(C2CCC2)c2cc(N3CCN(C(=O)Cc4nnc[nH]4)[C@@H](Cc4ccccc4)C3)ccc12. The second-order valence-corrected chi connectivity index (χ2v) is 10.0. The standard InChI is InChI=1S/C28H33N7O/c1-2-25-24-12-11-22(16-26(24)35(32-25)21-9-6-10-21)33-13-14-34(28(36)17-27-29-19-30-31-27)23(18-33)15-20-7-4-3-5-8-20/h3-5,7-8,11-12,16,19,21,23H,2,6,9-10,13-15,17-18H2,1H3,(H,29,30,31)/t23-/m0/s1. The lowest BCUT2D eigenvalue weighted by Crippen LogP contribution is -2.56. The van der Waals surface area contributed by atoms with Gasteiger partial charge in [0.1, 0.15) is 12.2 Å². The van der Waals surface area contributed by atoms with E-state index in [2.05, 4.69) is 74.2 Å². The Morgan fingerprint density at radius 3 is 2.69 bits per heavy atom. The normalized spacial score (nSPS) is 18.5. The van der Waals surface area contributed by atoms with Crippen molar-refractivity contribution in [1.82, 2.24) is 29.9 Å². The van der Waals surface area contributed by atoms with Crippen LogP contribution in [-0.4, -0.2) is 61.4 Å². The van der Waals surface area contributed by atoms with Crippen molar-refractivity contribution in [3.63, 3.8) is 0 Å². The van der Waals surface area contributed by atoms with Crippen molar-refractivity contribution in [2.45, 2.75) is 57.5 Å². The summed E-state index contributed by atoms with van der Waals surface area (Å²) in [5.74, 6) is 0.709. The number of aryl methyl sites for hydroxylation is 1. The van der Waals surface area contributed by atoms with E-state index in [1.807, 2.05) is 11.0 Å². The molecule has 4 aromatic rings. The van der Waals surface area contributed by atoms with Gasteiger partial charge in [-0.1, -0.05) is 37.3 Å². The van der Waals surface area contributed by atoms with Crippen molar-refractivity contribution in [2.75, 3.05) is 24.5 Å². The molecule has 1 saturated carbocycles. The van der Waals surface area contributed by atoms with E-state index >= 15 is 0 Å². The number of hydrogen-bond acceptors (Lipinski definition) is 5. The zero-order chi connectivity index (χ0) is 24.5. The molecule has 2 fully saturated rings. The third-order valence-electron chi connectivity index (χ3n) is 7.79. The number of aromatic nitrogens is 5. The van der Waals surface area contributed by atoms with E-state index in [1.165, 1.54) is 53.4 Å². The first-order valence-corrected chi connectivity index (χ1v) is 13.1. The van der Waals surface area contributed by atoms with Crippen LogP contribution in [0.15, 0.2) is 54.9 Å². The van der Waals surface area contributed by atoms with Crippen LogP contribution >= 0.6 is 0 Å². The van der Waals surface area contributed by atoms with Crippen LogP contribution in [0.2, 0.25) is 0 Å². The van der Waals surface area contributed by atoms with Gasteiger partial charge < -0.3 is 14.8 Å². The molecule has 0 spiro atoms. The van der Waals surface area contributed by atoms with Gasteiger partial charge in [0.15, 0.2) is 0 Å².